The van der Waals surface area contributed by atoms with Crippen molar-refractivity contribution in [1.82, 2.24) is 5.32 Å². The predicted octanol–water partition coefficient (Wildman–Crippen LogP) is 4.04. The van der Waals surface area contributed by atoms with Gasteiger partial charge in [0.05, 0.1) is 17.2 Å². The normalized spacial score (nSPS) is 10.1. The number of anilines is 1. The van der Waals surface area contributed by atoms with Gasteiger partial charge in [0.1, 0.15) is 11.6 Å². The average Bonchev–Trinajstić information content (AvgIpc) is 2.63. The van der Waals surface area contributed by atoms with Gasteiger partial charge in [-0.25, -0.2) is 4.39 Å². The number of nitrogens with zero attached hydrogens (tertiary/aromatic N) is 1. The van der Waals surface area contributed by atoms with Crippen LogP contribution in [0.3, 0.4) is 0 Å². The first kappa shape index (κ1) is 20.2. The quantitative estimate of drug-likeness (QED) is 0.320. The summed E-state index contributed by atoms with van der Waals surface area (Å²) in [6, 6.07) is 9.54. The van der Waals surface area contributed by atoms with Crippen molar-refractivity contribution in [2.45, 2.75) is 19.8 Å². The van der Waals surface area contributed by atoms with E-state index in [1.54, 1.807) is 24.3 Å². The summed E-state index contributed by atoms with van der Waals surface area (Å²) < 4.78 is 19.3. The van der Waals surface area contributed by atoms with Crippen molar-refractivity contribution in [3.63, 3.8) is 0 Å². The van der Waals surface area contributed by atoms with E-state index in [1.807, 2.05) is 6.92 Å². The van der Waals surface area contributed by atoms with Crippen LogP contribution in [0.1, 0.15) is 30.1 Å². The number of carbonyl (C=O) groups is 1. The zero-order valence-electron chi connectivity index (χ0n) is 14.5. The van der Waals surface area contributed by atoms with Crippen molar-refractivity contribution >= 4 is 34.6 Å². The summed E-state index contributed by atoms with van der Waals surface area (Å²) in [4.78, 5) is 22.4. The second-order valence-corrected chi connectivity index (χ2v) is 5.97. The number of hydrogen-bond donors (Lipinski definition) is 2. The minimum Gasteiger partial charge on any atom is -0.494 e. The molecule has 0 aliphatic carbocycles. The van der Waals surface area contributed by atoms with E-state index in [0.717, 1.165) is 31.0 Å². The van der Waals surface area contributed by atoms with Crippen LogP contribution < -0.4 is 15.4 Å². The topological polar surface area (TPSA) is 93.5 Å². The van der Waals surface area contributed by atoms with Gasteiger partial charge in [-0.3, -0.25) is 20.2 Å². The third kappa shape index (κ3) is 6.00. The van der Waals surface area contributed by atoms with Gasteiger partial charge in [-0.05, 0) is 42.9 Å². The second-order valence-electron chi connectivity index (χ2n) is 5.56. The maximum Gasteiger partial charge on any atom is 0.271 e. The Hall–Kier alpha value is -3.07. The molecule has 0 aliphatic rings. The first-order chi connectivity index (χ1) is 12.9. The van der Waals surface area contributed by atoms with Crippen LogP contribution in [-0.2, 0) is 0 Å². The smallest absolute Gasteiger partial charge is 0.271 e. The number of halogens is 1. The van der Waals surface area contributed by atoms with E-state index in [-0.39, 0.29) is 16.5 Å². The summed E-state index contributed by atoms with van der Waals surface area (Å²) in [5.74, 6) is -0.692. The summed E-state index contributed by atoms with van der Waals surface area (Å²) in [6.07, 6.45) is 1.90. The van der Waals surface area contributed by atoms with Crippen molar-refractivity contribution in [1.29, 1.82) is 0 Å². The average molecular weight is 391 g/mol. The van der Waals surface area contributed by atoms with Crippen LogP contribution in [0.4, 0.5) is 15.8 Å². The number of carbonyl (C=O) groups excluding carboxylic acids is 1. The van der Waals surface area contributed by atoms with Gasteiger partial charge < -0.3 is 10.1 Å². The second kappa shape index (κ2) is 9.58. The molecule has 0 aromatic heterocycles. The molecule has 27 heavy (non-hydrogen) atoms. The number of amides is 1. The molecule has 0 atom stereocenters. The van der Waals surface area contributed by atoms with Crippen LogP contribution in [0, 0.1) is 15.9 Å². The minimum absolute atomic E-state index is 0.184. The Balaban J connectivity index is 2.02. The standard InChI is InChI=1S/C18H18FN3O4S/c1-2-3-9-26-14-6-4-5-12(10-14)17(23)21-18(27)20-16-11-13(22(24)25)7-8-15(16)19/h4-8,10-11H,2-3,9H2,1H3,(H2,20,21,23,27). The van der Waals surface area contributed by atoms with E-state index in [4.69, 9.17) is 17.0 Å². The lowest BCUT2D eigenvalue weighted by atomic mass is 10.2. The lowest BCUT2D eigenvalue weighted by molar-refractivity contribution is -0.384. The molecule has 2 N–H and O–H groups in total. The number of nitrogens with one attached hydrogen (secondary N) is 2. The number of unbranched alkanes of at least 4 members (excludes halogenated alkanes) is 1. The van der Waals surface area contributed by atoms with E-state index in [0.29, 0.717) is 17.9 Å². The van der Waals surface area contributed by atoms with Gasteiger partial charge in [-0.2, -0.15) is 0 Å². The molecule has 0 heterocycles. The molecular weight excluding hydrogens is 373 g/mol. The van der Waals surface area contributed by atoms with Gasteiger partial charge in [-0.15, -0.1) is 0 Å². The number of ether oxygens (including phenoxy) is 1. The summed E-state index contributed by atoms with van der Waals surface area (Å²) in [6.45, 7) is 2.60. The highest BCUT2D eigenvalue weighted by molar-refractivity contribution is 7.80. The molecule has 0 spiro atoms. The fraction of sp³-hybridized carbons (Fsp3) is 0.222. The molecule has 0 saturated carbocycles. The Kier molecular flexibility index (Phi) is 7.18. The molecule has 0 unspecified atom stereocenters. The zero-order valence-corrected chi connectivity index (χ0v) is 15.3. The summed E-state index contributed by atoms with van der Waals surface area (Å²) in [7, 11) is 0. The molecule has 0 saturated heterocycles. The van der Waals surface area contributed by atoms with E-state index in [9.17, 15) is 19.3 Å². The van der Waals surface area contributed by atoms with Crippen molar-refractivity contribution < 1.29 is 18.8 Å². The number of non-ortho nitro benzene ring substituents is 1. The Bertz CT molecular complexity index is 860. The number of thiocarbonyl (C=S) groups is 1. The van der Waals surface area contributed by atoms with Crippen molar-refractivity contribution in [3.8, 4) is 5.75 Å². The zero-order chi connectivity index (χ0) is 19.8. The lowest BCUT2D eigenvalue weighted by Gasteiger charge is -2.11. The van der Waals surface area contributed by atoms with Crippen LogP contribution in [0.15, 0.2) is 42.5 Å². The Morgan fingerprint density at radius 2 is 2.07 bits per heavy atom. The monoisotopic (exact) mass is 391 g/mol. The molecule has 1 amide bonds. The number of benzene rings is 2. The van der Waals surface area contributed by atoms with Crippen LogP contribution in [-0.4, -0.2) is 22.5 Å². The van der Waals surface area contributed by atoms with Gasteiger partial charge in [0, 0.05) is 17.7 Å². The van der Waals surface area contributed by atoms with Gasteiger partial charge in [0.25, 0.3) is 11.6 Å². The SMILES string of the molecule is CCCCOc1cccc(C(=O)NC(=S)Nc2cc([N+](=O)[O-])ccc2F)c1. The number of hydrogen-bond acceptors (Lipinski definition) is 5. The molecular formula is C18H18FN3O4S. The molecule has 2 rings (SSSR count). The van der Waals surface area contributed by atoms with Crippen molar-refractivity contribution in [2.75, 3.05) is 11.9 Å². The lowest BCUT2D eigenvalue weighted by Crippen LogP contribution is -2.34. The molecule has 142 valence electrons. The third-order valence-electron chi connectivity index (χ3n) is 3.50. The predicted molar refractivity (Wildman–Crippen MR) is 104 cm³/mol. The number of nitro groups is 1. The fourth-order valence-electron chi connectivity index (χ4n) is 2.11. The summed E-state index contributed by atoms with van der Waals surface area (Å²) in [5, 5.41) is 15.5. The summed E-state index contributed by atoms with van der Waals surface area (Å²) in [5.41, 5.74) is -0.191. The highest BCUT2D eigenvalue weighted by atomic mass is 32.1. The molecule has 0 aliphatic heterocycles. The molecule has 0 bridgehead atoms. The van der Waals surface area contributed by atoms with Gasteiger partial charge in [-0.1, -0.05) is 19.4 Å². The Morgan fingerprint density at radius 1 is 1.30 bits per heavy atom. The van der Waals surface area contributed by atoms with Crippen molar-refractivity contribution in [2.24, 2.45) is 0 Å². The van der Waals surface area contributed by atoms with Gasteiger partial charge >= 0.3 is 0 Å². The molecule has 7 nitrogen and oxygen atoms in total. The number of rotatable bonds is 7. The largest absolute Gasteiger partial charge is 0.494 e. The first-order valence-corrected chi connectivity index (χ1v) is 8.60. The molecule has 0 fully saturated rings. The number of nitro benzene ring substituents is 1. The van der Waals surface area contributed by atoms with Crippen molar-refractivity contribution in [3.05, 3.63) is 64.0 Å². The highest BCUT2D eigenvalue weighted by Crippen LogP contribution is 2.21. The van der Waals surface area contributed by atoms with Crippen LogP contribution >= 0.6 is 12.2 Å². The van der Waals surface area contributed by atoms with E-state index >= 15 is 0 Å². The molecule has 2 aromatic carbocycles. The van der Waals surface area contributed by atoms with Crippen LogP contribution in [0.25, 0.3) is 0 Å². The minimum atomic E-state index is -0.733. The van der Waals surface area contributed by atoms with Crippen LogP contribution in [0.2, 0.25) is 0 Å². The van der Waals surface area contributed by atoms with E-state index in [2.05, 4.69) is 10.6 Å². The highest BCUT2D eigenvalue weighted by Gasteiger charge is 2.14. The molecule has 2 aromatic rings. The Labute approximate surface area is 160 Å². The molecule has 0 radical (unpaired) electrons. The van der Waals surface area contributed by atoms with Gasteiger partial charge in [0.2, 0.25) is 0 Å². The third-order valence-corrected chi connectivity index (χ3v) is 3.70. The van der Waals surface area contributed by atoms with Gasteiger partial charge in [0.15, 0.2) is 5.11 Å². The summed E-state index contributed by atoms with van der Waals surface area (Å²) >= 11 is 4.99. The first-order valence-electron chi connectivity index (χ1n) is 8.20. The maximum absolute atomic E-state index is 13.8. The van der Waals surface area contributed by atoms with E-state index in [1.165, 1.54) is 0 Å². The maximum atomic E-state index is 13.8. The van der Waals surface area contributed by atoms with E-state index < -0.39 is 16.6 Å². The molecule has 9 heteroatoms. The fourth-order valence-corrected chi connectivity index (χ4v) is 2.32. The van der Waals surface area contributed by atoms with Crippen LogP contribution in [0.5, 0.6) is 5.75 Å². The Morgan fingerprint density at radius 3 is 2.78 bits per heavy atom.